The molecule has 2 aromatic rings. The Balaban J connectivity index is 2.28. The van der Waals surface area contributed by atoms with Crippen LogP contribution < -0.4 is 10.2 Å². The van der Waals surface area contributed by atoms with E-state index < -0.39 is 0 Å². The summed E-state index contributed by atoms with van der Waals surface area (Å²) in [7, 11) is 0. The molecule has 0 heterocycles. The molecule has 0 aliphatic heterocycles. The molecule has 0 aromatic heterocycles. The number of amides is 2. The van der Waals surface area contributed by atoms with Crippen LogP contribution in [0, 0.1) is 5.92 Å². The normalized spacial score (nSPS) is 10.3. The number of hydrogen-bond donors (Lipinski definition) is 1. The van der Waals surface area contributed by atoms with Gasteiger partial charge in [-0.3, -0.25) is 4.90 Å². The average Bonchev–Trinajstić information content (AvgIpc) is 2.48. The number of rotatable bonds is 4. The Morgan fingerprint density at radius 1 is 0.950 bits per heavy atom. The molecule has 0 aliphatic rings. The summed E-state index contributed by atoms with van der Waals surface area (Å²) in [6, 6.07) is 19.2. The van der Waals surface area contributed by atoms with Gasteiger partial charge >= 0.3 is 6.03 Å². The number of hydrogen-bond acceptors (Lipinski definition) is 1. The lowest BCUT2D eigenvalue weighted by Gasteiger charge is -2.23. The second kappa shape index (κ2) is 6.75. The predicted molar refractivity (Wildman–Crippen MR) is 83.3 cm³/mol. The summed E-state index contributed by atoms with van der Waals surface area (Å²) in [6.07, 6.45) is 0. The van der Waals surface area contributed by atoms with Crippen LogP contribution in [0.4, 0.5) is 16.2 Å². The fraction of sp³-hybridized carbons (Fsp3) is 0.235. The second-order valence-electron chi connectivity index (χ2n) is 5.09. The molecule has 0 atom stereocenters. The molecule has 0 spiro atoms. The molecule has 0 fully saturated rings. The number of nitrogens with one attached hydrogen (secondary N) is 1. The maximum absolute atomic E-state index is 12.5. The zero-order chi connectivity index (χ0) is 14.4. The van der Waals surface area contributed by atoms with Gasteiger partial charge in [-0.25, -0.2) is 4.79 Å². The monoisotopic (exact) mass is 268 g/mol. The van der Waals surface area contributed by atoms with Crippen molar-refractivity contribution < 1.29 is 4.79 Å². The van der Waals surface area contributed by atoms with Crippen LogP contribution >= 0.6 is 0 Å². The first-order valence-corrected chi connectivity index (χ1v) is 6.86. The topological polar surface area (TPSA) is 32.3 Å². The molecular formula is C17H20N2O. The summed E-state index contributed by atoms with van der Waals surface area (Å²) in [4.78, 5) is 14.2. The van der Waals surface area contributed by atoms with Gasteiger partial charge < -0.3 is 5.32 Å². The zero-order valence-corrected chi connectivity index (χ0v) is 11.9. The van der Waals surface area contributed by atoms with E-state index in [2.05, 4.69) is 19.2 Å². The van der Waals surface area contributed by atoms with Gasteiger partial charge in [0.05, 0.1) is 11.4 Å². The van der Waals surface area contributed by atoms with E-state index >= 15 is 0 Å². The lowest BCUT2D eigenvalue weighted by Crippen LogP contribution is -2.38. The van der Waals surface area contributed by atoms with E-state index in [1.54, 1.807) is 4.90 Å². The van der Waals surface area contributed by atoms with E-state index in [4.69, 9.17) is 0 Å². The summed E-state index contributed by atoms with van der Waals surface area (Å²) in [5.74, 6) is 0.423. The third-order valence-corrected chi connectivity index (χ3v) is 2.89. The molecule has 0 unspecified atom stereocenters. The Hall–Kier alpha value is -2.29. The molecule has 0 bridgehead atoms. The van der Waals surface area contributed by atoms with Crippen molar-refractivity contribution in [2.45, 2.75) is 13.8 Å². The van der Waals surface area contributed by atoms with Crippen molar-refractivity contribution in [1.29, 1.82) is 0 Å². The van der Waals surface area contributed by atoms with E-state index in [9.17, 15) is 4.79 Å². The van der Waals surface area contributed by atoms with E-state index in [0.717, 1.165) is 11.4 Å². The van der Waals surface area contributed by atoms with Crippen LogP contribution in [0.2, 0.25) is 0 Å². The van der Waals surface area contributed by atoms with Gasteiger partial charge in [0, 0.05) is 6.54 Å². The van der Waals surface area contributed by atoms with Gasteiger partial charge in [0.2, 0.25) is 0 Å². The van der Waals surface area contributed by atoms with E-state index in [1.165, 1.54) is 0 Å². The lowest BCUT2D eigenvalue weighted by atomic mass is 10.2. The third-order valence-electron chi connectivity index (χ3n) is 2.89. The first-order valence-electron chi connectivity index (χ1n) is 6.86. The third kappa shape index (κ3) is 3.60. The first-order chi connectivity index (χ1) is 9.68. The van der Waals surface area contributed by atoms with Crippen LogP contribution in [-0.2, 0) is 0 Å². The average molecular weight is 268 g/mol. The molecule has 3 nitrogen and oxygen atoms in total. The maximum atomic E-state index is 12.5. The summed E-state index contributed by atoms with van der Waals surface area (Å²) in [5, 5.41) is 2.97. The van der Waals surface area contributed by atoms with Crippen LogP contribution in [0.25, 0.3) is 0 Å². The highest BCUT2D eigenvalue weighted by atomic mass is 16.2. The minimum atomic E-state index is -0.101. The van der Waals surface area contributed by atoms with Crippen molar-refractivity contribution in [2.75, 3.05) is 11.4 Å². The van der Waals surface area contributed by atoms with Crippen LogP contribution in [0.5, 0.6) is 0 Å². The van der Waals surface area contributed by atoms with Crippen molar-refractivity contribution in [3.8, 4) is 0 Å². The summed E-state index contributed by atoms with van der Waals surface area (Å²) in [5.41, 5.74) is 1.72. The van der Waals surface area contributed by atoms with Crippen LogP contribution in [-0.4, -0.2) is 12.6 Å². The molecule has 1 N–H and O–H groups in total. The number of para-hydroxylation sites is 2. The lowest BCUT2D eigenvalue weighted by molar-refractivity contribution is 0.247. The van der Waals surface area contributed by atoms with Gasteiger partial charge in [0.15, 0.2) is 0 Å². The molecule has 0 aliphatic carbocycles. The molecule has 2 rings (SSSR count). The zero-order valence-electron chi connectivity index (χ0n) is 11.9. The number of anilines is 2. The van der Waals surface area contributed by atoms with Crippen LogP contribution in [0.15, 0.2) is 60.7 Å². The minimum absolute atomic E-state index is 0.101. The van der Waals surface area contributed by atoms with Crippen molar-refractivity contribution >= 4 is 17.4 Å². The van der Waals surface area contributed by atoms with E-state index in [1.807, 2.05) is 60.7 Å². The number of carbonyl (C=O) groups excluding carboxylic acids is 1. The van der Waals surface area contributed by atoms with Crippen LogP contribution in [0.3, 0.4) is 0 Å². The Kier molecular flexibility index (Phi) is 4.77. The molecule has 2 amide bonds. The number of nitrogens with zero attached hydrogens (tertiary/aromatic N) is 1. The van der Waals surface area contributed by atoms with Gasteiger partial charge in [-0.15, -0.1) is 0 Å². The first kappa shape index (κ1) is 14.1. The van der Waals surface area contributed by atoms with Crippen molar-refractivity contribution in [3.05, 3.63) is 60.7 Å². The molecule has 104 valence electrons. The van der Waals surface area contributed by atoms with Crippen molar-refractivity contribution in [3.63, 3.8) is 0 Å². The summed E-state index contributed by atoms with van der Waals surface area (Å²) in [6.45, 7) is 4.82. The standard InChI is InChI=1S/C17H20N2O/c1-14(2)13-18-17(20)19(15-9-5-3-6-10-15)16-11-7-4-8-12-16/h3-12,14H,13H2,1-2H3,(H,18,20). The van der Waals surface area contributed by atoms with Gasteiger partial charge in [0.1, 0.15) is 0 Å². The Morgan fingerprint density at radius 2 is 1.40 bits per heavy atom. The molecule has 0 saturated carbocycles. The Bertz CT molecular complexity index is 498. The van der Waals surface area contributed by atoms with E-state index in [0.29, 0.717) is 12.5 Å². The Labute approximate surface area is 120 Å². The van der Waals surface area contributed by atoms with E-state index in [-0.39, 0.29) is 6.03 Å². The van der Waals surface area contributed by atoms with Crippen molar-refractivity contribution in [2.24, 2.45) is 5.92 Å². The predicted octanol–water partition coefficient (Wildman–Crippen LogP) is 4.19. The van der Waals surface area contributed by atoms with Gasteiger partial charge in [-0.2, -0.15) is 0 Å². The quantitative estimate of drug-likeness (QED) is 0.886. The maximum Gasteiger partial charge on any atom is 0.326 e. The Morgan fingerprint density at radius 3 is 1.80 bits per heavy atom. The number of benzene rings is 2. The minimum Gasteiger partial charge on any atom is -0.337 e. The number of carbonyl (C=O) groups is 1. The number of urea groups is 1. The SMILES string of the molecule is CC(C)CNC(=O)N(c1ccccc1)c1ccccc1. The summed E-state index contributed by atoms with van der Waals surface area (Å²) < 4.78 is 0. The molecule has 2 aromatic carbocycles. The largest absolute Gasteiger partial charge is 0.337 e. The molecule has 0 saturated heterocycles. The van der Waals surface area contributed by atoms with Gasteiger partial charge in [0.25, 0.3) is 0 Å². The highest BCUT2D eigenvalue weighted by Crippen LogP contribution is 2.24. The fourth-order valence-electron chi connectivity index (χ4n) is 1.91. The van der Waals surface area contributed by atoms with Crippen LogP contribution in [0.1, 0.15) is 13.8 Å². The highest BCUT2D eigenvalue weighted by molar-refractivity contribution is 5.99. The molecular weight excluding hydrogens is 248 g/mol. The highest BCUT2D eigenvalue weighted by Gasteiger charge is 2.17. The smallest absolute Gasteiger partial charge is 0.326 e. The molecule has 0 radical (unpaired) electrons. The van der Waals surface area contributed by atoms with Gasteiger partial charge in [-0.05, 0) is 30.2 Å². The molecule has 20 heavy (non-hydrogen) atoms. The summed E-state index contributed by atoms with van der Waals surface area (Å²) >= 11 is 0. The van der Waals surface area contributed by atoms with Gasteiger partial charge in [-0.1, -0.05) is 50.2 Å². The fourth-order valence-corrected chi connectivity index (χ4v) is 1.91. The van der Waals surface area contributed by atoms with Crippen molar-refractivity contribution in [1.82, 2.24) is 5.32 Å². The second-order valence-corrected chi connectivity index (χ2v) is 5.09. The molecule has 3 heteroatoms.